The highest BCUT2D eigenvalue weighted by Gasteiger charge is 2.33. The molecule has 1 fully saturated rings. The molecule has 0 aromatic carbocycles. The lowest BCUT2D eigenvalue weighted by Crippen LogP contribution is -2.39. The van der Waals surface area contributed by atoms with Crippen molar-refractivity contribution in [3.8, 4) is 11.1 Å². The van der Waals surface area contributed by atoms with Crippen molar-refractivity contribution < 1.29 is 4.79 Å². The van der Waals surface area contributed by atoms with Crippen LogP contribution < -0.4 is 4.90 Å². The fourth-order valence-electron chi connectivity index (χ4n) is 3.93. The van der Waals surface area contributed by atoms with Crippen molar-refractivity contribution >= 4 is 23.2 Å². The Morgan fingerprint density at radius 3 is 2.60 bits per heavy atom. The smallest absolute Gasteiger partial charge is 0.266 e. The molecule has 0 radical (unpaired) electrons. The van der Waals surface area contributed by atoms with Crippen LogP contribution in [0.1, 0.15) is 51.4 Å². The van der Waals surface area contributed by atoms with Gasteiger partial charge in [0.25, 0.3) is 5.91 Å². The Hall–Kier alpha value is -2.87. The molecule has 0 saturated carbocycles. The van der Waals surface area contributed by atoms with E-state index in [1.165, 1.54) is 11.3 Å². The van der Waals surface area contributed by atoms with E-state index in [9.17, 15) is 4.79 Å². The summed E-state index contributed by atoms with van der Waals surface area (Å²) in [7, 11) is 3.86. The third kappa shape index (κ3) is 3.92. The molecular formula is C22H26N6OS. The van der Waals surface area contributed by atoms with E-state index in [4.69, 9.17) is 4.98 Å². The number of aromatic nitrogens is 4. The number of amides is 1. The van der Waals surface area contributed by atoms with Crippen LogP contribution in [0.5, 0.6) is 0 Å². The first-order chi connectivity index (χ1) is 14.5. The van der Waals surface area contributed by atoms with E-state index in [0.717, 1.165) is 58.2 Å². The monoisotopic (exact) mass is 422 g/mol. The first kappa shape index (κ1) is 20.4. The molecule has 1 atom stereocenters. The Bertz CT molecular complexity index is 1050. The van der Waals surface area contributed by atoms with Gasteiger partial charge < -0.3 is 9.80 Å². The standard InChI is InChI=1S/C22H26N6OS/c1-14-20(30-15(2)25-14)21(29)28-12-6-5-7-18(28)19-17(16-8-10-23-11-9-16)13-24-22(26-19)27(3)4/h8-11,13,18H,5-7,12H2,1-4H3. The molecule has 1 aliphatic heterocycles. The molecule has 0 N–H and O–H groups in total. The average molecular weight is 423 g/mol. The number of rotatable bonds is 4. The molecule has 156 valence electrons. The third-order valence-electron chi connectivity index (χ3n) is 5.37. The SMILES string of the molecule is Cc1nc(C)c(C(=O)N2CCCCC2c2nc(N(C)C)ncc2-c2ccncc2)s1. The largest absolute Gasteiger partial charge is 0.347 e. The number of carbonyl (C=O) groups is 1. The second kappa shape index (κ2) is 8.47. The minimum Gasteiger partial charge on any atom is -0.347 e. The first-order valence-electron chi connectivity index (χ1n) is 10.2. The third-order valence-corrected chi connectivity index (χ3v) is 6.43. The van der Waals surface area contributed by atoms with E-state index in [1.807, 2.05) is 56.1 Å². The van der Waals surface area contributed by atoms with Gasteiger partial charge in [-0.2, -0.15) is 0 Å². The molecular weight excluding hydrogens is 396 g/mol. The number of carbonyl (C=O) groups excluding carboxylic acids is 1. The number of anilines is 1. The maximum Gasteiger partial charge on any atom is 0.266 e. The predicted octanol–water partition coefficient (Wildman–Crippen LogP) is 4.05. The zero-order chi connectivity index (χ0) is 21.3. The summed E-state index contributed by atoms with van der Waals surface area (Å²) in [5.74, 6) is 0.694. The van der Waals surface area contributed by atoms with Crippen molar-refractivity contribution in [1.29, 1.82) is 0 Å². The molecule has 3 aromatic heterocycles. The summed E-state index contributed by atoms with van der Waals surface area (Å²) in [6.45, 7) is 4.57. The number of pyridine rings is 1. The second-order valence-electron chi connectivity index (χ2n) is 7.76. The number of thiazole rings is 1. The van der Waals surface area contributed by atoms with Gasteiger partial charge in [0.1, 0.15) is 4.88 Å². The van der Waals surface area contributed by atoms with Crippen molar-refractivity contribution in [3.63, 3.8) is 0 Å². The van der Waals surface area contributed by atoms with Gasteiger partial charge in [-0.1, -0.05) is 0 Å². The number of hydrogen-bond donors (Lipinski definition) is 0. The van der Waals surface area contributed by atoms with Crippen molar-refractivity contribution in [3.05, 3.63) is 52.0 Å². The Labute approximate surface area is 180 Å². The zero-order valence-corrected chi connectivity index (χ0v) is 18.6. The molecule has 0 aliphatic carbocycles. The molecule has 1 amide bonds. The summed E-state index contributed by atoms with van der Waals surface area (Å²) in [6.07, 6.45) is 8.34. The van der Waals surface area contributed by atoms with Gasteiger partial charge >= 0.3 is 0 Å². The summed E-state index contributed by atoms with van der Waals surface area (Å²) in [5, 5.41) is 0.916. The summed E-state index contributed by atoms with van der Waals surface area (Å²) in [5.41, 5.74) is 3.66. The Morgan fingerprint density at radius 1 is 1.17 bits per heavy atom. The lowest BCUT2D eigenvalue weighted by atomic mass is 9.94. The Kier molecular flexibility index (Phi) is 5.76. The fraction of sp³-hybridized carbons (Fsp3) is 0.409. The lowest BCUT2D eigenvalue weighted by molar-refractivity contribution is 0.0611. The zero-order valence-electron chi connectivity index (χ0n) is 17.8. The van der Waals surface area contributed by atoms with Crippen molar-refractivity contribution in [2.75, 3.05) is 25.5 Å². The quantitative estimate of drug-likeness (QED) is 0.632. The summed E-state index contributed by atoms with van der Waals surface area (Å²) >= 11 is 1.47. The highest BCUT2D eigenvalue weighted by Crippen LogP contribution is 2.37. The lowest BCUT2D eigenvalue weighted by Gasteiger charge is -2.36. The molecule has 0 bridgehead atoms. The molecule has 0 spiro atoms. The first-order valence-corrected chi connectivity index (χ1v) is 11.0. The van der Waals surface area contributed by atoms with Crippen molar-refractivity contribution in [2.45, 2.75) is 39.2 Å². The van der Waals surface area contributed by atoms with Gasteiger partial charge in [0.15, 0.2) is 0 Å². The number of likely N-dealkylation sites (tertiary alicyclic amines) is 1. The van der Waals surface area contributed by atoms with Crippen LogP contribution in [0.3, 0.4) is 0 Å². The van der Waals surface area contributed by atoms with Crippen LogP contribution in [0.4, 0.5) is 5.95 Å². The molecule has 4 rings (SSSR count). The Balaban J connectivity index is 1.80. The molecule has 1 unspecified atom stereocenters. The van der Waals surface area contributed by atoms with E-state index < -0.39 is 0 Å². The van der Waals surface area contributed by atoms with Crippen LogP contribution in [-0.4, -0.2) is 51.4 Å². The van der Waals surface area contributed by atoms with E-state index in [-0.39, 0.29) is 11.9 Å². The number of hydrogen-bond acceptors (Lipinski definition) is 7. The minimum absolute atomic E-state index is 0.0495. The van der Waals surface area contributed by atoms with Crippen LogP contribution >= 0.6 is 11.3 Å². The molecule has 1 saturated heterocycles. The van der Waals surface area contributed by atoms with Gasteiger partial charge in [0, 0.05) is 44.8 Å². The summed E-state index contributed by atoms with van der Waals surface area (Å²) < 4.78 is 0. The van der Waals surface area contributed by atoms with E-state index in [2.05, 4.69) is 15.0 Å². The minimum atomic E-state index is -0.0991. The fourth-order valence-corrected chi connectivity index (χ4v) is 4.80. The van der Waals surface area contributed by atoms with Gasteiger partial charge in [0.2, 0.25) is 5.95 Å². The van der Waals surface area contributed by atoms with Gasteiger partial charge in [-0.25, -0.2) is 15.0 Å². The summed E-state index contributed by atoms with van der Waals surface area (Å²) in [4.78, 5) is 36.2. The molecule has 4 heterocycles. The van der Waals surface area contributed by atoms with E-state index in [1.54, 1.807) is 12.4 Å². The van der Waals surface area contributed by atoms with Gasteiger partial charge in [0.05, 0.1) is 22.4 Å². The highest BCUT2D eigenvalue weighted by atomic mass is 32.1. The Morgan fingerprint density at radius 2 is 1.93 bits per heavy atom. The van der Waals surface area contributed by atoms with Crippen LogP contribution in [-0.2, 0) is 0 Å². The molecule has 8 heteroatoms. The van der Waals surface area contributed by atoms with Gasteiger partial charge in [-0.3, -0.25) is 9.78 Å². The van der Waals surface area contributed by atoms with E-state index >= 15 is 0 Å². The van der Waals surface area contributed by atoms with Gasteiger partial charge in [-0.15, -0.1) is 11.3 Å². The predicted molar refractivity (Wildman–Crippen MR) is 119 cm³/mol. The number of piperidine rings is 1. The van der Waals surface area contributed by atoms with Crippen LogP contribution in [0.2, 0.25) is 0 Å². The number of aryl methyl sites for hydroxylation is 2. The van der Waals surface area contributed by atoms with Gasteiger partial charge in [-0.05, 0) is 50.8 Å². The van der Waals surface area contributed by atoms with Crippen molar-refractivity contribution in [2.24, 2.45) is 0 Å². The van der Waals surface area contributed by atoms with Crippen LogP contribution in [0, 0.1) is 13.8 Å². The molecule has 1 aliphatic rings. The molecule has 30 heavy (non-hydrogen) atoms. The molecule has 3 aromatic rings. The maximum atomic E-state index is 13.5. The second-order valence-corrected chi connectivity index (χ2v) is 8.96. The highest BCUT2D eigenvalue weighted by molar-refractivity contribution is 7.13. The van der Waals surface area contributed by atoms with Crippen LogP contribution in [0.15, 0.2) is 30.7 Å². The topological polar surface area (TPSA) is 75.1 Å². The molecule has 7 nitrogen and oxygen atoms in total. The maximum absolute atomic E-state index is 13.5. The summed E-state index contributed by atoms with van der Waals surface area (Å²) in [6, 6.07) is 3.82. The van der Waals surface area contributed by atoms with Crippen molar-refractivity contribution in [1.82, 2.24) is 24.8 Å². The van der Waals surface area contributed by atoms with Crippen LogP contribution in [0.25, 0.3) is 11.1 Å². The number of nitrogens with zero attached hydrogens (tertiary/aromatic N) is 6. The van der Waals surface area contributed by atoms with E-state index in [0.29, 0.717) is 5.95 Å². The average Bonchev–Trinajstić information content (AvgIpc) is 3.11. The normalized spacial score (nSPS) is 16.5.